The molecule has 0 aromatic heterocycles. The van der Waals surface area contributed by atoms with E-state index in [0.717, 1.165) is 43.4 Å². The summed E-state index contributed by atoms with van der Waals surface area (Å²) < 4.78 is 22.0. The van der Waals surface area contributed by atoms with Crippen LogP contribution >= 0.6 is 0 Å². The van der Waals surface area contributed by atoms with Gasteiger partial charge >= 0.3 is 5.97 Å². The van der Waals surface area contributed by atoms with E-state index in [1.807, 2.05) is 24.3 Å². The predicted octanol–water partition coefficient (Wildman–Crippen LogP) is 3.72. The first-order valence-corrected chi connectivity index (χ1v) is 9.14. The van der Waals surface area contributed by atoms with Crippen LogP contribution in [-0.2, 0) is 19.0 Å². The highest BCUT2D eigenvalue weighted by molar-refractivity contribution is 5.87. The van der Waals surface area contributed by atoms with Crippen LogP contribution in [0.3, 0.4) is 0 Å². The summed E-state index contributed by atoms with van der Waals surface area (Å²) in [5.74, 6) is 0.485. The van der Waals surface area contributed by atoms with Crippen molar-refractivity contribution >= 4 is 12.0 Å². The number of hydrogen-bond acceptors (Lipinski definition) is 5. The van der Waals surface area contributed by atoms with Gasteiger partial charge in [-0.05, 0) is 55.9 Å². The smallest absolute Gasteiger partial charge is 0.331 e. The summed E-state index contributed by atoms with van der Waals surface area (Å²) in [5.41, 5.74) is 0.929. The molecule has 0 N–H and O–H groups in total. The van der Waals surface area contributed by atoms with Crippen LogP contribution < -0.4 is 4.74 Å². The molecular formula is C20H26O5. The van der Waals surface area contributed by atoms with Crippen molar-refractivity contribution in [3.63, 3.8) is 0 Å². The van der Waals surface area contributed by atoms with Crippen LogP contribution in [0, 0.1) is 0 Å². The van der Waals surface area contributed by atoms with Gasteiger partial charge < -0.3 is 18.9 Å². The third-order valence-corrected chi connectivity index (χ3v) is 4.41. The minimum Gasteiger partial charge on any atom is -0.488 e. The van der Waals surface area contributed by atoms with Gasteiger partial charge in [-0.15, -0.1) is 0 Å². The maximum atomic E-state index is 11.9. The zero-order chi connectivity index (χ0) is 17.3. The molecule has 136 valence electrons. The van der Waals surface area contributed by atoms with E-state index in [-0.39, 0.29) is 18.4 Å². The van der Waals surface area contributed by atoms with Crippen molar-refractivity contribution in [2.75, 3.05) is 19.8 Å². The van der Waals surface area contributed by atoms with Gasteiger partial charge in [0.1, 0.15) is 18.5 Å². The molecule has 2 aliphatic rings. The van der Waals surface area contributed by atoms with Gasteiger partial charge in [-0.1, -0.05) is 18.6 Å². The van der Waals surface area contributed by atoms with Crippen molar-refractivity contribution in [2.45, 2.75) is 50.9 Å². The van der Waals surface area contributed by atoms with E-state index in [1.165, 1.54) is 12.5 Å². The summed E-state index contributed by atoms with van der Waals surface area (Å²) in [6, 6.07) is 7.55. The topological polar surface area (TPSA) is 54.0 Å². The standard InChI is InChI=1S/C20H26O5/c21-19(25-18-5-2-1-3-6-18)12-9-16-7-10-17(11-8-16)24-15-20-22-13-4-14-23-20/h7-12,18,20H,1-6,13-15H2/b12-9+. The van der Waals surface area contributed by atoms with Gasteiger partial charge in [-0.2, -0.15) is 0 Å². The van der Waals surface area contributed by atoms with E-state index in [9.17, 15) is 4.79 Å². The largest absolute Gasteiger partial charge is 0.488 e. The van der Waals surface area contributed by atoms with Crippen LogP contribution in [0.15, 0.2) is 30.3 Å². The number of carbonyl (C=O) groups is 1. The van der Waals surface area contributed by atoms with Crippen LogP contribution in [0.5, 0.6) is 5.75 Å². The fourth-order valence-corrected chi connectivity index (χ4v) is 3.02. The van der Waals surface area contributed by atoms with Gasteiger partial charge in [-0.3, -0.25) is 0 Å². The molecule has 0 amide bonds. The summed E-state index contributed by atoms with van der Waals surface area (Å²) in [7, 11) is 0. The van der Waals surface area contributed by atoms with Gasteiger partial charge in [-0.25, -0.2) is 4.79 Å². The Bertz CT molecular complexity index is 554. The van der Waals surface area contributed by atoms with Gasteiger partial charge in [0.25, 0.3) is 0 Å². The minimum atomic E-state index is -0.289. The third-order valence-electron chi connectivity index (χ3n) is 4.41. The van der Waals surface area contributed by atoms with Crippen LogP contribution in [-0.4, -0.2) is 38.2 Å². The molecule has 1 aliphatic heterocycles. The molecule has 0 radical (unpaired) electrons. The summed E-state index contributed by atoms with van der Waals surface area (Å²) in [6.07, 6.45) is 9.52. The van der Waals surface area contributed by atoms with Crippen molar-refractivity contribution in [1.29, 1.82) is 0 Å². The minimum absolute atomic E-state index is 0.0888. The average Bonchev–Trinajstić information content (AvgIpc) is 2.67. The van der Waals surface area contributed by atoms with E-state index in [0.29, 0.717) is 19.8 Å². The molecule has 25 heavy (non-hydrogen) atoms. The number of carbonyl (C=O) groups excluding carboxylic acids is 1. The molecule has 5 nitrogen and oxygen atoms in total. The first-order valence-electron chi connectivity index (χ1n) is 9.14. The van der Waals surface area contributed by atoms with E-state index in [2.05, 4.69) is 0 Å². The van der Waals surface area contributed by atoms with Crippen molar-refractivity contribution in [2.24, 2.45) is 0 Å². The number of hydrogen-bond donors (Lipinski definition) is 0. The highest BCUT2D eigenvalue weighted by Gasteiger charge is 2.16. The van der Waals surface area contributed by atoms with Gasteiger partial charge in [0, 0.05) is 6.08 Å². The molecule has 1 aliphatic carbocycles. The van der Waals surface area contributed by atoms with Crippen molar-refractivity contribution in [1.82, 2.24) is 0 Å². The van der Waals surface area contributed by atoms with E-state index in [4.69, 9.17) is 18.9 Å². The molecular weight excluding hydrogens is 320 g/mol. The Balaban J connectivity index is 1.42. The summed E-state index contributed by atoms with van der Waals surface area (Å²) in [5, 5.41) is 0. The molecule has 1 saturated carbocycles. The van der Waals surface area contributed by atoms with E-state index >= 15 is 0 Å². The summed E-state index contributed by atoms with van der Waals surface area (Å²) >= 11 is 0. The molecule has 0 unspecified atom stereocenters. The Morgan fingerprint density at radius 3 is 2.48 bits per heavy atom. The lowest BCUT2D eigenvalue weighted by atomic mass is 9.98. The Labute approximate surface area is 148 Å². The van der Waals surface area contributed by atoms with Crippen LogP contribution in [0.2, 0.25) is 0 Å². The van der Waals surface area contributed by atoms with Crippen molar-refractivity contribution < 1.29 is 23.7 Å². The molecule has 1 heterocycles. The fraction of sp³-hybridized carbons (Fsp3) is 0.550. The summed E-state index contributed by atoms with van der Waals surface area (Å²) in [4.78, 5) is 11.9. The third kappa shape index (κ3) is 6.18. The quantitative estimate of drug-likeness (QED) is 0.580. The molecule has 0 spiro atoms. The number of benzene rings is 1. The van der Waals surface area contributed by atoms with Crippen LogP contribution in [0.1, 0.15) is 44.1 Å². The zero-order valence-corrected chi connectivity index (χ0v) is 14.5. The highest BCUT2D eigenvalue weighted by atomic mass is 16.7. The highest BCUT2D eigenvalue weighted by Crippen LogP contribution is 2.20. The molecule has 3 rings (SSSR count). The maximum absolute atomic E-state index is 11.9. The SMILES string of the molecule is O=C(/C=C/c1ccc(OCC2OCCCO2)cc1)OC1CCCCC1. The number of rotatable bonds is 6. The fourth-order valence-electron chi connectivity index (χ4n) is 3.02. The van der Waals surface area contributed by atoms with E-state index < -0.39 is 0 Å². The van der Waals surface area contributed by atoms with E-state index in [1.54, 1.807) is 6.08 Å². The normalized spacial score (nSPS) is 19.8. The second kappa shape index (κ2) is 9.59. The van der Waals surface area contributed by atoms with Gasteiger partial charge in [0.2, 0.25) is 0 Å². The Kier molecular flexibility index (Phi) is 6.89. The predicted molar refractivity (Wildman–Crippen MR) is 94.2 cm³/mol. The molecule has 1 aromatic carbocycles. The van der Waals surface area contributed by atoms with Crippen molar-refractivity contribution in [3.05, 3.63) is 35.9 Å². The lowest BCUT2D eigenvalue weighted by molar-refractivity contribution is -0.191. The lowest BCUT2D eigenvalue weighted by Gasteiger charge is -2.23. The monoisotopic (exact) mass is 346 g/mol. The van der Waals surface area contributed by atoms with Crippen molar-refractivity contribution in [3.8, 4) is 5.75 Å². The van der Waals surface area contributed by atoms with Crippen LogP contribution in [0.4, 0.5) is 0 Å². The summed E-state index contributed by atoms with van der Waals surface area (Å²) in [6.45, 7) is 1.81. The molecule has 1 saturated heterocycles. The molecule has 1 aromatic rings. The Morgan fingerprint density at radius 2 is 1.76 bits per heavy atom. The second-order valence-corrected chi connectivity index (χ2v) is 6.43. The Hall–Kier alpha value is -1.85. The molecule has 2 fully saturated rings. The first kappa shape index (κ1) is 18.0. The Morgan fingerprint density at radius 1 is 1.04 bits per heavy atom. The zero-order valence-electron chi connectivity index (χ0n) is 14.5. The molecule has 0 bridgehead atoms. The van der Waals surface area contributed by atoms with Gasteiger partial charge in [0.05, 0.1) is 13.2 Å². The molecule has 0 atom stereocenters. The molecule has 5 heteroatoms. The number of esters is 1. The average molecular weight is 346 g/mol. The van der Waals surface area contributed by atoms with Gasteiger partial charge in [0.15, 0.2) is 6.29 Å². The lowest BCUT2D eigenvalue weighted by Crippen LogP contribution is -2.30. The van der Waals surface area contributed by atoms with Crippen LogP contribution in [0.25, 0.3) is 6.08 Å². The second-order valence-electron chi connectivity index (χ2n) is 6.43. The maximum Gasteiger partial charge on any atom is 0.331 e. The first-order chi connectivity index (χ1) is 12.3. The number of ether oxygens (including phenoxy) is 4.